The minimum atomic E-state index is -0.682. The first kappa shape index (κ1) is 26.2. The predicted octanol–water partition coefficient (Wildman–Crippen LogP) is 4.50. The van der Waals surface area contributed by atoms with E-state index in [0.717, 1.165) is 22.0 Å². The molecule has 0 saturated heterocycles. The molecule has 1 atom stereocenters. The van der Waals surface area contributed by atoms with Gasteiger partial charge in [0.25, 0.3) is 5.56 Å². The van der Waals surface area contributed by atoms with E-state index in [-0.39, 0.29) is 12.2 Å². The van der Waals surface area contributed by atoms with Gasteiger partial charge in [0.2, 0.25) is 0 Å². The highest BCUT2D eigenvalue weighted by Crippen LogP contribution is 2.31. The van der Waals surface area contributed by atoms with Crippen LogP contribution in [-0.4, -0.2) is 28.3 Å². The van der Waals surface area contributed by atoms with Crippen molar-refractivity contribution in [2.45, 2.75) is 26.4 Å². The molecule has 1 aliphatic heterocycles. The maximum Gasteiger partial charge on any atom is 0.338 e. The molecule has 0 amide bonds. The van der Waals surface area contributed by atoms with E-state index >= 15 is 0 Å². The molecule has 0 spiro atoms. The zero-order valence-electron chi connectivity index (χ0n) is 21.9. The topological polar surface area (TPSA) is 74.8 Å². The van der Waals surface area contributed by atoms with Crippen LogP contribution in [0.2, 0.25) is 0 Å². The average Bonchev–Trinajstić information content (AvgIpc) is 3.44. The summed E-state index contributed by atoms with van der Waals surface area (Å²) >= 11 is 1.31. The van der Waals surface area contributed by atoms with E-state index in [1.165, 1.54) is 11.3 Å². The van der Waals surface area contributed by atoms with Crippen LogP contribution in [0.25, 0.3) is 17.0 Å². The normalized spacial score (nSPS) is 15.1. The van der Waals surface area contributed by atoms with Crippen molar-refractivity contribution in [2.75, 3.05) is 13.2 Å². The highest BCUT2D eigenvalue weighted by Gasteiger charge is 2.33. The summed E-state index contributed by atoms with van der Waals surface area (Å²) in [5.74, 6) is 0.179. The van der Waals surface area contributed by atoms with Gasteiger partial charge in [-0.1, -0.05) is 60.4 Å². The first-order chi connectivity index (χ1) is 19.0. The molecule has 3 heterocycles. The lowest BCUT2D eigenvalue weighted by Crippen LogP contribution is -2.39. The highest BCUT2D eigenvalue weighted by atomic mass is 32.1. The summed E-state index contributed by atoms with van der Waals surface area (Å²) in [6.07, 6.45) is 7.45. The van der Waals surface area contributed by atoms with E-state index in [4.69, 9.17) is 9.47 Å². The predicted molar refractivity (Wildman–Crippen MR) is 155 cm³/mol. The Bertz CT molecular complexity index is 1790. The zero-order chi connectivity index (χ0) is 27.5. The Balaban J connectivity index is 1.69. The number of thiazole rings is 1. The standard InChI is InChI=1S/C31H29N3O4S/c1-5-16-33-19-22(24-10-8-9-11-25(24)33)18-26-29(35)34-28(21-12-14-23(15-13-21)38-17-6-2)27(30(36)37-7-3)20(4)32-31(34)39-26/h5-6,8-15,18-19,28H,1-2,7,16-17H2,3-4H3/b26-18-/t28-/m1/s1. The van der Waals surface area contributed by atoms with Gasteiger partial charge in [0.15, 0.2) is 4.80 Å². The van der Waals surface area contributed by atoms with E-state index in [9.17, 15) is 9.59 Å². The summed E-state index contributed by atoms with van der Waals surface area (Å²) < 4.78 is 15.2. The van der Waals surface area contributed by atoms with Crippen molar-refractivity contribution in [1.29, 1.82) is 0 Å². The number of carbonyl (C=O) groups is 1. The van der Waals surface area contributed by atoms with Gasteiger partial charge in [0.1, 0.15) is 12.4 Å². The lowest BCUT2D eigenvalue weighted by atomic mass is 9.96. The van der Waals surface area contributed by atoms with Crippen LogP contribution in [0, 0.1) is 0 Å². The van der Waals surface area contributed by atoms with Gasteiger partial charge >= 0.3 is 5.97 Å². The SMILES string of the molecule is C=CCOc1ccc([C@@H]2C(C(=O)OCC)=C(C)N=c3s/c(=C\c4cn(CC=C)c5ccccc45)c(=O)n32)cc1. The number of hydrogen-bond acceptors (Lipinski definition) is 6. The fourth-order valence-electron chi connectivity index (χ4n) is 4.83. The van der Waals surface area contributed by atoms with Crippen LogP contribution in [0.15, 0.2) is 101 Å². The molecule has 2 aromatic carbocycles. The van der Waals surface area contributed by atoms with Crippen molar-refractivity contribution in [1.82, 2.24) is 9.13 Å². The fourth-order valence-corrected chi connectivity index (χ4v) is 5.87. The molecule has 39 heavy (non-hydrogen) atoms. The molecule has 0 saturated carbocycles. The number of fused-ring (bicyclic) bond motifs is 2. The molecule has 0 aliphatic carbocycles. The van der Waals surface area contributed by atoms with Gasteiger partial charge in [0, 0.05) is 29.2 Å². The minimum absolute atomic E-state index is 0.217. The molecule has 0 N–H and O–H groups in total. The number of allylic oxidation sites excluding steroid dienone is 2. The fraction of sp³-hybridized carbons (Fsp3) is 0.194. The van der Waals surface area contributed by atoms with Crippen LogP contribution in [0.4, 0.5) is 0 Å². The van der Waals surface area contributed by atoms with Gasteiger partial charge in [-0.15, -0.1) is 6.58 Å². The van der Waals surface area contributed by atoms with Gasteiger partial charge in [-0.25, -0.2) is 9.79 Å². The maximum absolute atomic E-state index is 14.0. The molecule has 0 bridgehead atoms. The second-order valence-electron chi connectivity index (χ2n) is 9.01. The molecule has 198 valence electrons. The number of esters is 1. The van der Waals surface area contributed by atoms with Crippen LogP contribution in [-0.2, 0) is 16.1 Å². The molecule has 2 aromatic heterocycles. The number of benzene rings is 2. The zero-order valence-corrected chi connectivity index (χ0v) is 22.7. The van der Waals surface area contributed by atoms with E-state index in [0.29, 0.717) is 39.5 Å². The third kappa shape index (κ3) is 4.91. The number of carbonyl (C=O) groups excluding carboxylic acids is 1. The molecule has 0 fully saturated rings. The number of hydrogen-bond donors (Lipinski definition) is 0. The molecule has 5 rings (SSSR count). The number of rotatable bonds is 9. The van der Waals surface area contributed by atoms with Crippen molar-refractivity contribution >= 4 is 34.3 Å². The molecule has 8 heteroatoms. The first-order valence-corrected chi connectivity index (χ1v) is 13.5. The van der Waals surface area contributed by atoms with Crippen molar-refractivity contribution in [3.8, 4) is 5.75 Å². The van der Waals surface area contributed by atoms with Crippen molar-refractivity contribution in [3.63, 3.8) is 0 Å². The van der Waals surface area contributed by atoms with Gasteiger partial charge in [-0.2, -0.15) is 0 Å². The largest absolute Gasteiger partial charge is 0.490 e. The summed E-state index contributed by atoms with van der Waals surface area (Å²) in [7, 11) is 0. The van der Waals surface area contributed by atoms with Gasteiger partial charge in [-0.05, 0) is 43.7 Å². The van der Waals surface area contributed by atoms with E-state index in [1.54, 1.807) is 24.5 Å². The molecule has 1 aliphatic rings. The lowest BCUT2D eigenvalue weighted by molar-refractivity contribution is -0.139. The highest BCUT2D eigenvalue weighted by molar-refractivity contribution is 7.07. The molecule has 4 aromatic rings. The van der Waals surface area contributed by atoms with E-state index < -0.39 is 12.0 Å². The minimum Gasteiger partial charge on any atom is -0.490 e. The Morgan fingerprint density at radius 2 is 1.90 bits per heavy atom. The Morgan fingerprint density at radius 1 is 1.13 bits per heavy atom. The summed E-state index contributed by atoms with van der Waals surface area (Å²) in [5.41, 5.74) is 3.41. The van der Waals surface area contributed by atoms with Crippen LogP contribution < -0.4 is 19.6 Å². The van der Waals surface area contributed by atoms with Gasteiger partial charge in [0.05, 0.1) is 28.5 Å². The Kier molecular flexibility index (Phi) is 7.47. The molecule has 7 nitrogen and oxygen atoms in total. The van der Waals surface area contributed by atoms with Gasteiger partial charge in [-0.3, -0.25) is 9.36 Å². The summed E-state index contributed by atoms with van der Waals surface area (Å²) in [6, 6.07) is 14.8. The summed E-state index contributed by atoms with van der Waals surface area (Å²) in [4.78, 5) is 32.3. The number of aromatic nitrogens is 2. The monoisotopic (exact) mass is 539 g/mol. The summed E-state index contributed by atoms with van der Waals surface area (Å²) in [5, 5.41) is 1.04. The molecule has 0 radical (unpaired) electrons. The van der Waals surface area contributed by atoms with Crippen molar-refractivity contribution < 1.29 is 14.3 Å². The number of nitrogens with zero attached hydrogens (tertiary/aromatic N) is 3. The van der Waals surface area contributed by atoms with Crippen LogP contribution in [0.1, 0.15) is 31.0 Å². The lowest BCUT2D eigenvalue weighted by Gasteiger charge is -2.24. The molecule has 0 unspecified atom stereocenters. The second-order valence-corrected chi connectivity index (χ2v) is 10.0. The maximum atomic E-state index is 14.0. The number of ether oxygens (including phenoxy) is 2. The molecular formula is C31H29N3O4S. The van der Waals surface area contributed by atoms with Crippen molar-refractivity contribution in [2.24, 2.45) is 4.99 Å². The van der Waals surface area contributed by atoms with Crippen LogP contribution in [0.3, 0.4) is 0 Å². The Morgan fingerprint density at radius 3 is 2.62 bits per heavy atom. The molecular weight excluding hydrogens is 510 g/mol. The number of para-hydroxylation sites is 1. The van der Waals surface area contributed by atoms with Crippen molar-refractivity contribution in [3.05, 3.63) is 122 Å². The average molecular weight is 540 g/mol. The van der Waals surface area contributed by atoms with E-state index in [2.05, 4.69) is 28.8 Å². The third-order valence-corrected chi connectivity index (χ3v) is 7.50. The second kappa shape index (κ2) is 11.1. The van der Waals surface area contributed by atoms with Gasteiger partial charge < -0.3 is 14.0 Å². The van der Waals surface area contributed by atoms with Crippen LogP contribution >= 0.6 is 11.3 Å². The van der Waals surface area contributed by atoms with E-state index in [1.807, 2.05) is 60.8 Å². The smallest absolute Gasteiger partial charge is 0.338 e. The van der Waals surface area contributed by atoms with Crippen LogP contribution in [0.5, 0.6) is 5.75 Å². The first-order valence-electron chi connectivity index (χ1n) is 12.7. The quantitative estimate of drug-likeness (QED) is 0.232. The summed E-state index contributed by atoms with van der Waals surface area (Å²) in [6.45, 7) is 12.3. The Labute approximate surface area is 230 Å². The Hall–Kier alpha value is -4.43. The third-order valence-electron chi connectivity index (χ3n) is 6.51.